The van der Waals surface area contributed by atoms with Crippen LogP contribution < -0.4 is 15.4 Å². The highest BCUT2D eigenvalue weighted by Crippen LogP contribution is 2.40. The van der Waals surface area contributed by atoms with Gasteiger partial charge in [0.15, 0.2) is 5.96 Å². The minimum Gasteiger partial charge on any atom is -0.496 e. The van der Waals surface area contributed by atoms with Crippen molar-refractivity contribution in [1.29, 1.82) is 0 Å². The first-order valence-electron chi connectivity index (χ1n) is 10.3. The van der Waals surface area contributed by atoms with E-state index in [-0.39, 0.29) is 5.41 Å². The van der Waals surface area contributed by atoms with E-state index in [0.29, 0.717) is 4.75 Å². The van der Waals surface area contributed by atoms with Crippen LogP contribution in [0.1, 0.15) is 43.7 Å². The van der Waals surface area contributed by atoms with Crippen molar-refractivity contribution in [2.45, 2.75) is 49.7 Å². The summed E-state index contributed by atoms with van der Waals surface area (Å²) in [5.74, 6) is 3.11. The highest BCUT2D eigenvalue weighted by atomic mass is 32.2. The van der Waals surface area contributed by atoms with Gasteiger partial charge in [-0.25, -0.2) is 0 Å². The highest BCUT2D eigenvalue weighted by Gasteiger charge is 2.37. The number of aliphatic imine (C=N–C) groups is 1. The number of thioether (sulfide) groups is 1. The van der Waals surface area contributed by atoms with Crippen LogP contribution in [0, 0.1) is 6.92 Å². The summed E-state index contributed by atoms with van der Waals surface area (Å²) in [5.41, 5.74) is 2.52. The molecule has 0 aromatic heterocycles. The molecular formula is C22H35N3O2S. The van der Waals surface area contributed by atoms with Gasteiger partial charge >= 0.3 is 0 Å². The molecule has 0 bridgehead atoms. The Labute approximate surface area is 174 Å². The quantitative estimate of drug-likeness (QED) is 0.560. The molecule has 0 amide bonds. The molecule has 1 atom stereocenters. The van der Waals surface area contributed by atoms with Crippen LogP contribution in [0.2, 0.25) is 0 Å². The zero-order valence-corrected chi connectivity index (χ0v) is 18.6. The molecule has 2 heterocycles. The minimum absolute atomic E-state index is 0.0146. The highest BCUT2D eigenvalue weighted by molar-refractivity contribution is 8.00. The topological polar surface area (TPSA) is 54.9 Å². The molecule has 0 aliphatic carbocycles. The molecule has 5 nitrogen and oxygen atoms in total. The Morgan fingerprint density at radius 3 is 2.61 bits per heavy atom. The molecule has 3 rings (SSSR count). The Hall–Kier alpha value is -1.40. The van der Waals surface area contributed by atoms with E-state index in [1.165, 1.54) is 29.7 Å². The molecule has 156 valence electrons. The van der Waals surface area contributed by atoms with E-state index in [1.807, 2.05) is 7.05 Å². The summed E-state index contributed by atoms with van der Waals surface area (Å²) in [7, 11) is 3.61. The monoisotopic (exact) mass is 405 g/mol. The Morgan fingerprint density at radius 2 is 1.96 bits per heavy atom. The fourth-order valence-corrected chi connectivity index (χ4v) is 5.50. The first kappa shape index (κ1) is 21.3. The standard InChI is InChI=1S/C22H35N3O2S/c1-17-6-7-19(26-4)18(14-17)22(9-11-27-12-10-22)16-25-20(23-3)24-15-21(2)8-5-13-28-21/h6-7,14H,5,8-13,15-16H2,1-4H3,(H2,23,24,25). The second-order valence-corrected chi connectivity index (χ2v) is 9.96. The molecule has 1 aromatic rings. The summed E-state index contributed by atoms with van der Waals surface area (Å²) in [4.78, 5) is 4.47. The lowest BCUT2D eigenvalue weighted by Gasteiger charge is -2.39. The predicted molar refractivity (Wildman–Crippen MR) is 119 cm³/mol. The lowest BCUT2D eigenvalue weighted by molar-refractivity contribution is 0.0505. The predicted octanol–water partition coefficient (Wildman–Crippen LogP) is 3.50. The zero-order valence-electron chi connectivity index (χ0n) is 17.8. The molecule has 2 aliphatic rings. The van der Waals surface area contributed by atoms with Crippen molar-refractivity contribution in [1.82, 2.24) is 10.6 Å². The van der Waals surface area contributed by atoms with Gasteiger partial charge < -0.3 is 20.1 Å². The molecule has 0 radical (unpaired) electrons. The van der Waals surface area contributed by atoms with Crippen LogP contribution in [0.15, 0.2) is 23.2 Å². The van der Waals surface area contributed by atoms with Crippen LogP contribution >= 0.6 is 11.8 Å². The third-order valence-electron chi connectivity index (χ3n) is 6.12. The third kappa shape index (κ3) is 4.95. The van der Waals surface area contributed by atoms with E-state index >= 15 is 0 Å². The maximum absolute atomic E-state index is 5.72. The van der Waals surface area contributed by atoms with Gasteiger partial charge in [-0.2, -0.15) is 11.8 Å². The summed E-state index contributed by atoms with van der Waals surface area (Å²) >= 11 is 2.07. The van der Waals surface area contributed by atoms with E-state index in [1.54, 1.807) is 7.11 Å². The van der Waals surface area contributed by atoms with E-state index in [2.05, 4.69) is 59.4 Å². The van der Waals surface area contributed by atoms with Crippen molar-refractivity contribution in [3.63, 3.8) is 0 Å². The third-order valence-corrected chi connectivity index (χ3v) is 7.66. The number of aryl methyl sites for hydroxylation is 1. The van der Waals surface area contributed by atoms with Gasteiger partial charge in [-0.05, 0) is 51.3 Å². The summed E-state index contributed by atoms with van der Waals surface area (Å²) in [6.45, 7) is 7.81. The fourth-order valence-electron chi connectivity index (χ4n) is 4.26. The number of hydrogen-bond acceptors (Lipinski definition) is 4. The van der Waals surface area contributed by atoms with Crippen molar-refractivity contribution >= 4 is 17.7 Å². The number of ether oxygens (including phenoxy) is 2. The van der Waals surface area contributed by atoms with Gasteiger partial charge in [0.2, 0.25) is 0 Å². The number of nitrogens with one attached hydrogen (secondary N) is 2. The average Bonchev–Trinajstić information content (AvgIpc) is 3.15. The van der Waals surface area contributed by atoms with Gasteiger partial charge in [0.25, 0.3) is 0 Å². The number of benzene rings is 1. The largest absolute Gasteiger partial charge is 0.496 e. The maximum atomic E-state index is 5.72. The van der Waals surface area contributed by atoms with Crippen molar-refractivity contribution in [3.05, 3.63) is 29.3 Å². The summed E-state index contributed by atoms with van der Waals surface area (Å²) < 4.78 is 11.7. The molecule has 0 saturated carbocycles. The summed E-state index contributed by atoms with van der Waals surface area (Å²) in [5, 5.41) is 7.16. The molecule has 2 saturated heterocycles. The molecule has 2 aliphatic heterocycles. The van der Waals surface area contributed by atoms with Crippen LogP contribution in [0.25, 0.3) is 0 Å². The van der Waals surface area contributed by atoms with Crippen molar-refractivity contribution < 1.29 is 9.47 Å². The fraction of sp³-hybridized carbons (Fsp3) is 0.682. The van der Waals surface area contributed by atoms with Crippen LogP contribution in [0.5, 0.6) is 5.75 Å². The smallest absolute Gasteiger partial charge is 0.191 e. The molecular weight excluding hydrogens is 370 g/mol. The van der Waals surface area contributed by atoms with Gasteiger partial charge in [-0.3, -0.25) is 4.99 Å². The Morgan fingerprint density at radius 1 is 1.21 bits per heavy atom. The zero-order chi connectivity index (χ0) is 20.0. The van der Waals surface area contributed by atoms with Crippen LogP contribution in [0.3, 0.4) is 0 Å². The van der Waals surface area contributed by atoms with Crippen LogP contribution in [-0.4, -0.2) is 56.9 Å². The number of guanidine groups is 1. The first-order chi connectivity index (χ1) is 13.5. The van der Waals surface area contributed by atoms with Crippen molar-refractivity contribution in [3.8, 4) is 5.75 Å². The Balaban J connectivity index is 1.73. The number of nitrogens with zero attached hydrogens (tertiary/aromatic N) is 1. The molecule has 6 heteroatoms. The maximum Gasteiger partial charge on any atom is 0.191 e. The molecule has 2 fully saturated rings. The van der Waals surface area contributed by atoms with Crippen molar-refractivity contribution in [2.75, 3.05) is 46.2 Å². The number of methoxy groups -OCH3 is 1. The number of rotatable bonds is 6. The second-order valence-electron chi connectivity index (χ2n) is 8.28. The lowest BCUT2D eigenvalue weighted by atomic mass is 9.73. The van der Waals surface area contributed by atoms with Gasteiger partial charge in [0.1, 0.15) is 5.75 Å². The summed E-state index contributed by atoms with van der Waals surface area (Å²) in [6.07, 6.45) is 4.53. The van der Waals surface area contributed by atoms with Crippen molar-refractivity contribution in [2.24, 2.45) is 4.99 Å². The number of hydrogen-bond donors (Lipinski definition) is 2. The Kier molecular flexibility index (Phi) is 7.15. The molecule has 1 aromatic carbocycles. The van der Waals surface area contributed by atoms with E-state index in [4.69, 9.17) is 9.47 Å². The van der Waals surface area contributed by atoms with E-state index < -0.39 is 0 Å². The molecule has 1 unspecified atom stereocenters. The minimum atomic E-state index is -0.0146. The van der Waals surface area contributed by atoms with E-state index in [9.17, 15) is 0 Å². The van der Waals surface area contributed by atoms with E-state index in [0.717, 1.165) is 50.9 Å². The van der Waals surface area contributed by atoms with Gasteiger partial charge in [-0.1, -0.05) is 17.7 Å². The molecule has 0 spiro atoms. The van der Waals surface area contributed by atoms with Gasteiger partial charge in [0.05, 0.1) is 7.11 Å². The normalized spacial score (nSPS) is 24.8. The van der Waals surface area contributed by atoms with Crippen LogP contribution in [0.4, 0.5) is 0 Å². The average molecular weight is 406 g/mol. The van der Waals surface area contributed by atoms with Gasteiger partial charge in [-0.15, -0.1) is 0 Å². The molecule has 28 heavy (non-hydrogen) atoms. The lowest BCUT2D eigenvalue weighted by Crippen LogP contribution is -2.50. The SMILES string of the molecule is CN=C(NCC1(C)CCCS1)NCC1(c2cc(C)ccc2OC)CCOCC1. The Bertz CT molecular complexity index is 680. The molecule has 2 N–H and O–H groups in total. The van der Waals surface area contributed by atoms with Gasteiger partial charge in [0, 0.05) is 49.1 Å². The second kappa shape index (κ2) is 9.40. The summed E-state index contributed by atoms with van der Waals surface area (Å²) in [6, 6.07) is 6.48. The first-order valence-corrected chi connectivity index (χ1v) is 11.3. The van der Waals surface area contributed by atoms with Crippen LogP contribution in [-0.2, 0) is 10.2 Å².